The highest BCUT2D eigenvalue weighted by Gasteiger charge is 2.15. The Morgan fingerprint density at radius 1 is 1.21 bits per heavy atom. The van der Waals surface area contributed by atoms with Crippen molar-refractivity contribution in [2.45, 2.75) is 13.2 Å². The van der Waals surface area contributed by atoms with Crippen LogP contribution in [-0.2, 0) is 13.2 Å². The molecule has 4 aromatic rings. The van der Waals surface area contributed by atoms with Gasteiger partial charge in [0.05, 0.1) is 22.6 Å². The van der Waals surface area contributed by atoms with Crippen LogP contribution in [0.25, 0.3) is 0 Å². The smallest absolute Gasteiger partial charge is 0.292 e. The van der Waals surface area contributed by atoms with E-state index in [0.29, 0.717) is 18.1 Å². The molecule has 1 N–H and O–H groups in total. The van der Waals surface area contributed by atoms with Crippen LogP contribution in [0.15, 0.2) is 71.3 Å². The van der Waals surface area contributed by atoms with Gasteiger partial charge in [-0.1, -0.05) is 23.7 Å². The van der Waals surface area contributed by atoms with E-state index in [4.69, 9.17) is 20.8 Å². The van der Waals surface area contributed by atoms with Gasteiger partial charge in [0.15, 0.2) is 11.6 Å². The van der Waals surface area contributed by atoms with Gasteiger partial charge >= 0.3 is 0 Å². The number of furan rings is 1. The number of halogens is 2. The molecule has 2 aromatic heterocycles. The van der Waals surface area contributed by atoms with Crippen molar-refractivity contribution in [2.75, 3.05) is 5.32 Å². The van der Waals surface area contributed by atoms with E-state index in [1.165, 1.54) is 36.4 Å². The van der Waals surface area contributed by atoms with Crippen LogP contribution in [0.2, 0.25) is 5.02 Å². The predicted octanol–water partition coefficient (Wildman–Crippen LogP) is 5.06. The van der Waals surface area contributed by atoms with Crippen LogP contribution in [0.5, 0.6) is 5.75 Å². The molecule has 11 heteroatoms. The van der Waals surface area contributed by atoms with E-state index in [1.807, 2.05) is 0 Å². The normalized spacial score (nSPS) is 10.7. The van der Waals surface area contributed by atoms with Gasteiger partial charge in [-0.3, -0.25) is 19.6 Å². The molecule has 33 heavy (non-hydrogen) atoms. The number of anilines is 1. The number of nitrogens with zero attached hydrogens (tertiary/aromatic N) is 3. The van der Waals surface area contributed by atoms with Gasteiger partial charge in [-0.25, -0.2) is 4.39 Å². The Bertz CT molecular complexity index is 1320. The molecule has 9 nitrogen and oxygen atoms in total. The lowest BCUT2D eigenvalue weighted by Crippen LogP contribution is -2.12. The zero-order valence-corrected chi connectivity index (χ0v) is 17.7. The van der Waals surface area contributed by atoms with E-state index in [1.54, 1.807) is 35.1 Å². The van der Waals surface area contributed by atoms with Crippen LogP contribution in [0.1, 0.15) is 21.9 Å². The zero-order chi connectivity index (χ0) is 23.4. The average molecular weight is 471 g/mol. The summed E-state index contributed by atoms with van der Waals surface area (Å²) in [5.41, 5.74) is 0.571. The Morgan fingerprint density at radius 2 is 2.06 bits per heavy atom. The quantitative estimate of drug-likeness (QED) is 0.284. The molecule has 0 atom stereocenters. The van der Waals surface area contributed by atoms with E-state index in [-0.39, 0.29) is 34.6 Å². The van der Waals surface area contributed by atoms with E-state index in [2.05, 4.69) is 10.4 Å². The fourth-order valence-electron chi connectivity index (χ4n) is 2.96. The summed E-state index contributed by atoms with van der Waals surface area (Å²) in [6, 6.07) is 14.6. The number of nitro groups is 1. The Hall–Kier alpha value is -4.18. The standard InChI is InChI=1S/C22H16ClFN4O5/c23-18-6-4-16(28(30)31)11-20(18)32-13-17-5-7-19(33-17)22(29)25-21-8-9-27(26-21)12-14-2-1-3-15(24)10-14/h1-11H,12-13H2,(H,25,26,29). The first-order valence-electron chi connectivity index (χ1n) is 9.62. The van der Waals surface area contributed by atoms with Crippen molar-refractivity contribution >= 4 is 29.0 Å². The van der Waals surface area contributed by atoms with Crippen molar-refractivity contribution in [2.24, 2.45) is 0 Å². The van der Waals surface area contributed by atoms with Crippen molar-refractivity contribution in [3.05, 3.63) is 105 Å². The molecule has 0 fully saturated rings. The summed E-state index contributed by atoms with van der Waals surface area (Å²) in [5.74, 6) is -0.0898. The molecular weight excluding hydrogens is 455 g/mol. The number of nitrogens with one attached hydrogen (secondary N) is 1. The molecule has 0 saturated heterocycles. The maximum absolute atomic E-state index is 13.3. The summed E-state index contributed by atoms with van der Waals surface area (Å²) in [6.45, 7) is 0.256. The van der Waals surface area contributed by atoms with Crippen LogP contribution in [-0.4, -0.2) is 20.6 Å². The highest BCUT2D eigenvalue weighted by molar-refractivity contribution is 6.32. The highest BCUT2D eigenvalue weighted by atomic mass is 35.5. The first-order chi connectivity index (χ1) is 15.9. The molecule has 168 valence electrons. The van der Waals surface area contributed by atoms with Gasteiger partial charge in [0.2, 0.25) is 0 Å². The van der Waals surface area contributed by atoms with E-state index in [9.17, 15) is 19.3 Å². The average Bonchev–Trinajstić information content (AvgIpc) is 3.42. The SMILES string of the molecule is O=C(Nc1ccn(Cc2cccc(F)c2)n1)c1ccc(COc2cc([N+](=O)[O-])ccc2Cl)o1. The highest BCUT2D eigenvalue weighted by Crippen LogP contribution is 2.29. The van der Waals surface area contributed by atoms with Crippen LogP contribution >= 0.6 is 11.6 Å². The number of amides is 1. The summed E-state index contributed by atoms with van der Waals surface area (Å²) in [7, 11) is 0. The van der Waals surface area contributed by atoms with Crippen molar-refractivity contribution in [1.29, 1.82) is 0 Å². The molecule has 0 saturated carbocycles. The third-order valence-electron chi connectivity index (χ3n) is 4.50. The minimum absolute atomic E-state index is 0.0263. The van der Waals surface area contributed by atoms with Crippen molar-refractivity contribution in [1.82, 2.24) is 9.78 Å². The largest absolute Gasteiger partial charge is 0.484 e. The number of hydrogen-bond acceptors (Lipinski definition) is 6. The number of non-ortho nitro benzene ring substituents is 1. The topological polar surface area (TPSA) is 112 Å². The molecule has 0 aliphatic heterocycles. The van der Waals surface area contributed by atoms with Crippen LogP contribution in [0.4, 0.5) is 15.9 Å². The fraction of sp³-hybridized carbons (Fsp3) is 0.0909. The minimum atomic E-state index is -0.558. The lowest BCUT2D eigenvalue weighted by Gasteiger charge is -2.06. The number of ether oxygens (including phenoxy) is 1. The molecule has 0 aliphatic carbocycles. The molecule has 0 radical (unpaired) electrons. The maximum Gasteiger partial charge on any atom is 0.292 e. The summed E-state index contributed by atoms with van der Waals surface area (Å²) < 4.78 is 25.9. The first kappa shape index (κ1) is 22.0. The Labute approximate surface area is 191 Å². The number of hydrogen-bond donors (Lipinski definition) is 1. The molecule has 0 spiro atoms. The summed E-state index contributed by atoms with van der Waals surface area (Å²) in [4.78, 5) is 22.8. The number of nitro benzene ring substituents is 1. The molecule has 4 rings (SSSR count). The van der Waals surface area contributed by atoms with Gasteiger partial charge in [-0.05, 0) is 35.9 Å². The molecule has 2 aromatic carbocycles. The Morgan fingerprint density at radius 3 is 2.85 bits per heavy atom. The Kier molecular flexibility index (Phi) is 6.36. The van der Waals surface area contributed by atoms with Gasteiger partial charge in [-0.15, -0.1) is 0 Å². The molecular formula is C22H16ClFN4O5. The fourth-order valence-corrected chi connectivity index (χ4v) is 3.13. The maximum atomic E-state index is 13.3. The lowest BCUT2D eigenvalue weighted by molar-refractivity contribution is -0.384. The van der Waals surface area contributed by atoms with Crippen molar-refractivity contribution < 1.29 is 23.3 Å². The second-order valence-corrected chi connectivity index (χ2v) is 7.32. The zero-order valence-electron chi connectivity index (χ0n) is 16.9. The predicted molar refractivity (Wildman–Crippen MR) is 117 cm³/mol. The second kappa shape index (κ2) is 9.53. The molecule has 0 unspecified atom stereocenters. The molecule has 1 amide bonds. The van der Waals surface area contributed by atoms with E-state index >= 15 is 0 Å². The third kappa shape index (κ3) is 5.55. The number of benzene rings is 2. The van der Waals surface area contributed by atoms with Gasteiger partial charge in [0.1, 0.15) is 23.9 Å². The molecule has 0 aliphatic rings. The van der Waals surface area contributed by atoms with Crippen LogP contribution in [0, 0.1) is 15.9 Å². The molecule has 0 bridgehead atoms. The number of carbonyl (C=O) groups excluding carboxylic acids is 1. The molecule has 2 heterocycles. The monoisotopic (exact) mass is 470 g/mol. The summed E-state index contributed by atoms with van der Waals surface area (Å²) in [5, 5.41) is 18.0. The number of rotatable bonds is 8. The number of aromatic nitrogens is 2. The summed E-state index contributed by atoms with van der Waals surface area (Å²) in [6.07, 6.45) is 1.66. The van der Waals surface area contributed by atoms with Gasteiger partial charge in [0, 0.05) is 18.3 Å². The Balaban J connectivity index is 1.35. The minimum Gasteiger partial charge on any atom is -0.484 e. The van der Waals surface area contributed by atoms with E-state index < -0.39 is 10.8 Å². The second-order valence-electron chi connectivity index (χ2n) is 6.91. The van der Waals surface area contributed by atoms with Crippen molar-refractivity contribution in [3.8, 4) is 5.75 Å². The first-order valence-corrected chi connectivity index (χ1v) is 10.00. The third-order valence-corrected chi connectivity index (χ3v) is 4.81. The lowest BCUT2D eigenvalue weighted by atomic mass is 10.2. The van der Waals surface area contributed by atoms with Crippen LogP contribution < -0.4 is 10.1 Å². The van der Waals surface area contributed by atoms with Gasteiger partial charge in [0.25, 0.3) is 11.6 Å². The van der Waals surface area contributed by atoms with Crippen molar-refractivity contribution in [3.63, 3.8) is 0 Å². The van der Waals surface area contributed by atoms with Gasteiger partial charge < -0.3 is 14.5 Å². The van der Waals surface area contributed by atoms with Crippen LogP contribution in [0.3, 0.4) is 0 Å². The summed E-state index contributed by atoms with van der Waals surface area (Å²) >= 11 is 6.00. The van der Waals surface area contributed by atoms with E-state index in [0.717, 1.165) is 5.56 Å². The number of carbonyl (C=O) groups is 1. The van der Waals surface area contributed by atoms with Gasteiger partial charge in [-0.2, -0.15) is 5.10 Å².